The van der Waals surface area contributed by atoms with Gasteiger partial charge in [0.25, 0.3) is 5.91 Å². The Bertz CT molecular complexity index is 807. The number of carbonyl (C=O) groups is 2. The molecule has 0 radical (unpaired) electrons. The topological polar surface area (TPSA) is 66.8 Å². The van der Waals surface area contributed by atoms with E-state index in [4.69, 9.17) is 33.0 Å². The summed E-state index contributed by atoms with van der Waals surface area (Å²) in [6.45, 7) is 0.360. The maximum atomic E-state index is 12.9. The zero-order chi connectivity index (χ0) is 17.4. The van der Waals surface area contributed by atoms with E-state index < -0.39 is 12.0 Å². The molecule has 1 saturated heterocycles. The first-order chi connectivity index (χ1) is 11.4. The molecular weight excluding hydrogens is 373 g/mol. The third-order valence-electron chi connectivity index (χ3n) is 4.17. The summed E-state index contributed by atoms with van der Waals surface area (Å²) >= 11 is 13.6. The van der Waals surface area contributed by atoms with E-state index in [1.165, 1.54) is 11.3 Å². The molecule has 2 unspecified atom stereocenters. The van der Waals surface area contributed by atoms with Gasteiger partial charge in [0, 0.05) is 34.8 Å². The quantitative estimate of drug-likeness (QED) is 0.863. The molecule has 2 heterocycles. The maximum Gasteiger partial charge on any atom is 0.305 e. The van der Waals surface area contributed by atoms with Crippen molar-refractivity contribution in [1.29, 1.82) is 0 Å². The molecule has 2 aromatic rings. The molecular formula is C16H15Cl2NO4S. The first-order valence-electron chi connectivity index (χ1n) is 7.33. The second kappa shape index (κ2) is 6.88. The number of carboxylic acids is 1. The lowest BCUT2D eigenvalue weighted by atomic mass is 10.1. The van der Waals surface area contributed by atoms with Gasteiger partial charge in [-0.25, -0.2) is 0 Å². The monoisotopic (exact) mass is 387 g/mol. The average Bonchev–Trinajstić information content (AvgIpc) is 3.07. The SMILES string of the molecule is COC1CC(CC(=O)O)N(C(=O)c2sc3cc(Cl)ccc3c2Cl)C1. The third-order valence-corrected chi connectivity index (χ3v) is 6.05. The number of aliphatic carboxylic acids is 1. The zero-order valence-electron chi connectivity index (χ0n) is 12.8. The van der Waals surface area contributed by atoms with Crippen molar-refractivity contribution in [3.63, 3.8) is 0 Å². The second-order valence-electron chi connectivity index (χ2n) is 5.69. The number of carboxylic acid groups (broad SMARTS) is 1. The summed E-state index contributed by atoms with van der Waals surface area (Å²) in [6.07, 6.45) is 0.226. The van der Waals surface area contributed by atoms with E-state index in [-0.39, 0.29) is 18.4 Å². The van der Waals surface area contributed by atoms with Crippen molar-refractivity contribution in [2.75, 3.05) is 13.7 Å². The molecule has 0 bridgehead atoms. The lowest BCUT2D eigenvalue weighted by molar-refractivity contribution is -0.137. The predicted octanol–water partition coefficient (Wildman–Crippen LogP) is 3.91. The Balaban J connectivity index is 1.95. The highest BCUT2D eigenvalue weighted by Gasteiger charge is 2.38. The molecule has 8 heteroatoms. The van der Waals surface area contributed by atoms with Crippen molar-refractivity contribution >= 4 is 56.5 Å². The Kier molecular flexibility index (Phi) is 5.01. The number of rotatable bonds is 4. The Morgan fingerprint density at radius 1 is 1.42 bits per heavy atom. The minimum Gasteiger partial charge on any atom is -0.481 e. The van der Waals surface area contributed by atoms with Crippen molar-refractivity contribution in [2.24, 2.45) is 0 Å². The van der Waals surface area contributed by atoms with Crippen LogP contribution in [0.2, 0.25) is 10.0 Å². The smallest absolute Gasteiger partial charge is 0.305 e. The van der Waals surface area contributed by atoms with E-state index in [1.807, 2.05) is 0 Å². The largest absolute Gasteiger partial charge is 0.481 e. The molecule has 1 fully saturated rings. The van der Waals surface area contributed by atoms with E-state index in [1.54, 1.807) is 30.2 Å². The molecule has 24 heavy (non-hydrogen) atoms. The summed E-state index contributed by atoms with van der Waals surface area (Å²) in [6, 6.07) is 4.87. The van der Waals surface area contributed by atoms with Crippen molar-refractivity contribution in [1.82, 2.24) is 4.90 Å². The van der Waals surface area contributed by atoms with Crippen LogP contribution in [0.4, 0.5) is 0 Å². The van der Waals surface area contributed by atoms with Crippen molar-refractivity contribution < 1.29 is 19.4 Å². The number of carbonyl (C=O) groups excluding carboxylic acids is 1. The lowest BCUT2D eigenvalue weighted by Gasteiger charge is -2.22. The maximum absolute atomic E-state index is 12.9. The highest BCUT2D eigenvalue weighted by atomic mass is 35.5. The summed E-state index contributed by atoms with van der Waals surface area (Å²) in [4.78, 5) is 26.0. The van der Waals surface area contributed by atoms with Gasteiger partial charge >= 0.3 is 5.97 Å². The number of thiophene rings is 1. The van der Waals surface area contributed by atoms with Gasteiger partial charge in [-0.15, -0.1) is 11.3 Å². The summed E-state index contributed by atoms with van der Waals surface area (Å²) in [5, 5.41) is 10.8. The van der Waals surface area contributed by atoms with E-state index in [0.29, 0.717) is 27.9 Å². The van der Waals surface area contributed by atoms with Crippen LogP contribution in [0.5, 0.6) is 0 Å². The van der Waals surface area contributed by atoms with E-state index >= 15 is 0 Å². The van der Waals surface area contributed by atoms with E-state index in [0.717, 1.165) is 10.1 Å². The predicted molar refractivity (Wildman–Crippen MR) is 94.3 cm³/mol. The molecule has 1 aliphatic heterocycles. The number of methoxy groups -OCH3 is 1. The second-order valence-corrected chi connectivity index (χ2v) is 7.55. The minimum atomic E-state index is -0.941. The summed E-state index contributed by atoms with van der Waals surface area (Å²) in [5.41, 5.74) is 0. The minimum absolute atomic E-state index is 0.111. The Morgan fingerprint density at radius 3 is 2.83 bits per heavy atom. The number of hydrogen-bond donors (Lipinski definition) is 1. The molecule has 1 amide bonds. The molecule has 0 spiro atoms. The van der Waals surface area contributed by atoms with Gasteiger partial charge in [0.1, 0.15) is 4.88 Å². The Hall–Kier alpha value is -1.34. The van der Waals surface area contributed by atoms with Gasteiger partial charge in [-0.3, -0.25) is 9.59 Å². The fourth-order valence-electron chi connectivity index (χ4n) is 3.00. The summed E-state index contributed by atoms with van der Waals surface area (Å²) < 4.78 is 6.14. The number of amides is 1. The van der Waals surface area contributed by atoms with Crippen LogP contribution in [0.15, 0.2) is 18.2 Å². The molecule has 128 valence electrons. The van der Waals surface area contributed by atoms with Crippen LogP contribution in [-0.4, -0.2) is 47.7 Å². The van der Waals surface area contributed by atoms with Crippen molar-refractivity contribution in [3.05, 3.63) is 33.1 Å². The van der Waals surface area contributed by atoms with Gasteiger partial charge < -0.3 is 14.7 Å². The first kappa shape index (κ1) is 17.5. The molecule has 1 aromatic carbocycles. The Morgan fingerprint density at radius 2 is 2.17 bits per heavy atom. The Labute approximate surface area is 152 Å². The van der Waals surface area contributed by atoms with Crippen LogP contribution in [0.25, 0.3) is 10.1 Å². The van der Waals surface area contributed by atoms with Gasteiger partial charge in [-0.1, -0.05) is 29.3 Å². The van der Waals surface area contributed by atoms with E-state index in [2.05, 4.69) is 0 Å². The third kappa shape index (κ3) is 3.24. The van der Waals surface area contributed by atoms with Gasteiger partial charge in [-0.2, -0.15) is 0 Å². The van der Waals surface area contributed by atoms with Gasteiger partial charge in [-0.05, 0) is 18.6 Å². The summed E-state index contributed by atoms with van der Waals surface area (Å²) in [7, 11) is 1.56. The fraction of sp³-hybridized carbons (Fsp3) is 0.375. The van der Waals surface area contributed by atoms with Crippen molar-refractivity contribution in [2.45, 2.75) is 25.0 Å². The van der Waals surface area contributed by atoms with Crippen LogP contribution in [-0.2, 0) is 9.53 Å². The molecule has 1 aromatic heterocycles. The number of ether oxygens (including phenoxy) is 1. The first-order valence-corrected chi connectivity index (χ1v) is 8.91. The number of fused-ring (bicyclic) bond motifs is 1. The van der Waals surface area contributed by atoms with Crippen LogP contribution in [0.1, 0.15) is 22.5 Å². The number of hydrogen-bond acceptors (Lipinski definition) is 4. The molecule has 0 aliphatic carbocycles. The summed E-state index contributed by atoms with van der Waals surface area (Å²) in [5.74, 6) is -1.20. The number of likely N-dealkylation sites (tertiary alicyclic amines) is 1. The lowest BCUT2D eigenvalue weighted by Crippen LogP contribution is -2.37. The standard InChI is InChI=1S/C16H15Cl2NO4S/c1-23-10-5-9(6-13(20)21)19(7-10)16(22)15-14(18)11-3-2-8(17)4-12(11)24-15/h2-4,9-10H,5-7H2,1H3,(H,20,21). The molecule has 5 nitrogen and oxygen atoms in total. The van der Waals surface area contributed by atoms with Gasteiger partial charge in [0.2, 0.25) is 0 Å². The molecule has 2 atom stereocenters. The number of nitrogens with zero attached hydrogens (tertiary/aromatic N) is 1. The average molecular weight is 388 g/mol. The molecule has 3 rings (SSSR count). The normalized spacial score (nSPS) is 20.7. The van der Waals surface area contributed by atoms with Crippen LogP contribution >= 0.6 is 34.5 Å². The number of benzene rings is 1. The highest BCUT2D eigenvalue weighted by molar-refractivity contribution is 7.21. The van der Waals surface area contributed by atoms with E-state index in [9.17, 15) is 9.59 Å². The molecule has 0 saturated carbocycles. The van der Waals surface area contributed by atoms with Crippen LogP contribution in [0.3, 0.4) is 0 Å². The number of halogens is 2. The highest BCUT2D eigenvalue weighted by Crippen LogP contribution is 2.38. The molecule has 1 N–H and O–H groups in total. The van der Waals surface area contributed by atoms with Crippen LogP contribution < -0.4 is 0 Å². The van der Waals surface area contributed by atoms with Gasteiger partial charge in [0.15, 0.2) is 0 Å². The molecule has 1 aliphatic rings. The zero-order valence-corrected chi connectivity index (χ0v) is 15.1. The van der Waals surface area contributed by atoms with Crippen molar-refractivity contribution in [3.8, 4) is 0 Å². The van der Waals surface area contributed by atoms with Gasteiger partial charge in [0.05, 0.1) is 17.5 Å². The van der Waals surface area contributed by atoms with Crippen LogP contribution in [0, 0.1) is 0 Å². The fourth-order valence-corrected chi connectivity index (χ4v) is 4.74.